The van der Waals surface area contributed by atoms with Gasteiger partial charge in [-0.05, 0) is 55.7 Å². The number of benzene rings is 2. The molecule has 8 heteroatoms. The van der Waals surface area contributed by atoms with Crippen LogP contribution in [0.1, 0.15) is 41.7 Å². The highest BCUT2D eigenvalue weighted by molar-refractivity contribution is 7.89. The van der Waals surface area contributed by atoms with Gasteiger partial charge in [0.25, 0.3) is 5.91 Å². The molecule has 1 amide bonds. The van der Waals surface area contributed by atoms with E-state index in [2.05, 4.69) is 10.3 Å². The maximum atomic E-state index is 12.8. The van der Waals surface area contributed by atoms with Gasteiger partial charge in [-0.25, -0.2) is 13.4 Å². The third-order valence-electron chi connectivity index (χ3n) is 5.34. The molecule has 3 aromatic rings. The normalized spacial score (nSPS) is 15.8. The molecule has 0 aliphatic carbocycles. The van der Waals surface area contributed by atoms with Gasteiger partial charge in [-0.1, -0.05) is 18.2 Å². The Kier molecular flexibility index (Phi) is 5.69. The molecule has 0 radical (unpaired) electrons. The van der Waals surface area contributed by atoms with Crippen LogP contribution in [0.2, 0.25) is 0 Å². The van der Waals surface area contributed by atoms with Crippen molar-refractivity contribution in [3.63, 3.8) is 0 Å². The average molecular weight is 425 g/mol. The molecule has 7 nitrogen and oxygen atoms in total. The van der Waals surface area contributed by atoms with E-state index in [0.29, 0.717) is 18.7 Å². The molecule has 1 atom stereocenters. The lowest BCUT2D eigenvalue weighted by molar-refractivity contribution is 0.0939. The highest BCUT2D eigenvalue weighted by Crippen LogP contribution is 2.22. The van der Waals surface area contributed by atoms with Crippen molar-refractivity contribution >= 4 is 15.9 Å². The van der Waals surface area contributed by atoms with Crippen LogP contribution < -0.4 is 5.32 Å². The zero-order valence-electron chi connectivity index (χ0n) is 16.7. The van der Waals surface area contributed by atoms with E-state index in [1.165, 1.54) is 10.4 Å². The molecule has 2 heterocycles. The number of nitrogens with one attached hydrogen (secondary N) is 1. The van der Waals surface area contributed by atoms with E-state index in [0.717, 1.165) is 24.1 Å². The second-order valence-electron chi connectivity index (χ2n) is 7.40. The molecule has 0 saturated carbocycles. The maximum absolute atomic E-state index is 12.8. The highest BCUT2D eigenvalue weighted by atomic mass is 32.2. The van der Waals surface area contributed by atoms with Crippen LogP contribution in [-0.4, -0.2) is 41.3 Å². The minimum Gasteiger partial charge on any atom is -0.346 e. The number of sulfonamides is 1. The van der Waals surface area contributed by atoms with Crippen molar-refractivity contribution in [1.82, 2.24) is 19.2 Å². The van der Waals surface area contributed by atoms with Gasteiger partial charge < -0.3 is 9.88 Å². The SMILES string of the molecule is CC(NC(=O)c1cccc(S(=O)(=O)N2CCCC2)c1)c1ccc(-n2ccnc2)cc1. The molecule has 1 fully saturated rings. The first kappa shape index (κ1) is 20.3. The van der Waals surface area contributed by atoms with Crippen LogP contribution in [-0.2, 0) is 10.0 Å². The summed E-state index contributed by atoms with van der Waals surface area (Å²) >= 11 is 0. The summed E-state index contributed by atoms with van der Waals surface area (Å²) in [5.41, 5.74) is 2.26. The predicted molar refractivity (Wildman–Crippen MR) is 114 cm³/mol. The Balaban J connectivity index is 1.47. The van der Waals surface area contributed by atoms with E-state index in [9.17, 15) is 13.2 Å². The van der Waals surface area contributed by atoms with E-state index in [4.69, 9.17) is 0 Å². The molecular formula is C22H24N4O3S. The van der Waals surface area contributed by atoms with Crippen molar-refractivity contribution in [2.24, 2.45) is 0 Å². The Bertz CT molecular complexity index is 1120. The van der Waals surface area contributed by atoms with Crippen molar-refractivity contribution in [3.8, 4) is 5.69 Å². The Labute approximate surface area is 176 Å². The number of rotatable bonds is 6. The van der Waals surface area contributed by atoms with E-state index in [1.807, 2.05) is 42.0 Å². The molecule has 4 rings (SSSR count). The summed E-state index contributed by atoms with van der Waals surface area (Å²) in [4.78, 5) is 17.0. The van der Waals surface area contributed by atoms with Crippen molar-refractivity contribution in [3.05, 3.63) is 78.4 Å². The predicted octanol–water partition coefficient (Wildman–Crippen LogP) is 3.15. The summed E-state index contributed by atoms with van der Waals surface area (Å²) in [6, 6.07) is 13.8. The van der Waals surface area contributed by atoms with E-state index in [1.54, 1.807) is 30.7 Å². The number of carbonyl (C=O) groups is 1. The molecular weight excluding hydrogens is 400 g/mol. The monoisotopic (exact) mass is 424 g/mol. The lowest BCUT2D eigenvalue weighted by atomic mass is 10.1. The highest BCUT2D eigenvalue weighted by Gasteiger charge is 2.27. The van der Waals surface area contributed by atoms with E-state index >= 15 is 0 Å². The standard InChI is InChI=1S/C22H24N4O3S/c1-17(18-7-9-20(10-8-18)25-14-11-23-16-25)24-22(27)19-5-4-6-21(15-19)30(28,29)26-12-2-3-13-26/h4-11,14-17H,2-3,12-13H2,1H3,(H,24,27). The fourth-order valence-electron chi connectivity index (χ4n) is 3.59. The lowest BCUT2D eigenvalue weighted by Crippen LogP contribution is -2.29. The number of imidazole rings is 1. The molecule has 1 aliphatic heterocycles. The van der Waals surface area contributed by atoms with Crippen molar-refractivity contribution in [2.45, 2.75) is 30.7 Å². The van der Waals surface area contributed by atoms with Gasteiger partial charge in [0.05, 0.1) is 17.3 Å². The van der Waals surface area contributed by atoms with Crippen LogP contribution in [0.4, 0.5) is 0 Å². The quantitative estimate of drug-likeness (QED) is 0.659. The largest absolute Gasteiger partial charge is 0.346 e. The van der Waals surface area contributed by atoms with Gasteiger partial charge in [0, 0.05) is 36.7 Å². The summed E-state index contributed by atoms with van der Waals surface area (Å²) in [6.07, 6.45) is 7.05. The topological polar surface area (TPSA) is 84.3 Å². The minimum absolute atomic E-state index is 0.161. The summed E-state index contributed by atoms with van der Waals surface area (Å²) in [5.74, 6) is -0.306. The van der Waals surface area contributed by atoms with Crippen LogP contribution in [0.25, 0.3) is 5.69 Å². The van der Waals surface area contributed by atoms with Gasteiger partial charge in [0.1, 0.15) is 0 Å². The Morgan fingerprint density at radius 2 is 1.83 bits per heavy atom. The molecule has 30 heavy (non-hydrogen) atoms. The summed E-state index contributed by atoms with van der Waals surface area (Å²) in [6.45, 7) is 2.96. The van der Waals surface area contributed by atoms with E-state index < -0.39 is 10.0 Å². The molecule has 1 aromatic heterocycles. The maximum Gasteiger partial charge on any atom is 0.251 e. The average Bonchev–Trinajstić information content (AvgIpc) is 3.48. The van der Waals surface area contributed by atoms with Crippen LogP contribution in [0.3, 0.4) is 0 Å². The number of hydrogen-bond donors (Lipinski definition) is 1. The van der Waals surface area contributed by atoms with E-state index in [-0.39, 0.29) is 16.8 Å². The molecule has 1 N–H and O–H groups in total. The van der Waals surface area contributed by atoms with Crippen LogP contribution in [0.5, 0.6) is 0 Å². The third kappa shape index (κ3) is 4.15. The second kappa shape index (κ2) is 8.41. The fourth-order valence-corrected chi connectivity index (χ4v) is 5.15. The van der Waals surface area contributed by atoms with Gasteiger partial charge in [0.15, 0.2) is 0 Å². The van der Waals surface area contributed by atoms with Crippen LogP contribution >= 0.6 is 0 Å². The molecule has 156 valence electrons. The Morgan fingerprint density at radius 1 is 1.10 bits per heavy atom. The molecule has 2 aromatic carbocycles. The fraction of sp³-hybridized carbons (Fsp3) is 0.273. The second-order valence-corrected chi connectivity index (χ2v) is 9.33. The van der Waals surface area contributed by atoms with Crippen molar-refractivity contribution < 1.29 is 13.2 Å². The summed E-state index contributed by atoms with van der Waals surface area (Å²) < 4.78 is 28.9. The van der Waals surface area contributed by atoms with Crippen molar-refractivity contribution in [1.29, 1.82) is 0 Å². The zero-order chi connectivity index (χ0) is 21.1. The summed E-state index contributed by atoms with van der Waals surface area (Å²) in [7, 11) is -3.56. The smallest absolute Gasteiger partial charge is 0.251 e. The third-order valence-corrected chi connectivity index (χ3v) is 7.24. The first-order valence-electron chi connectivity index (χ1n) is 9.94. The van der Waals surface area contributed by atoms with Crippen molar-refractivity contribution in [2.75, 3.05) is 13.1 Å². The molecule has 0 bridgehead atoms. The van der Waals surface area contributed by atoms with Gasteiger partial charge in [0.2, 0.25) is 10.0 Å². The Hall–Kier alpha value is -2.97. The van der Waals surface area contributed by atoms with Gasteiger partial charge in [-0.2, -0.15) is 4.31 Å². The molecule has 0 spiro atoms. The summed E-state index contributed by atoms with van der Waals surface area (Å²) in [5, 5.41) is 2.95. The number of hydrogen-bond acceptors (Lipinski definition) is 4. The van der Waals surface area contributed by atoms with Gasteiger partial charge in [-0.15, -0.1) is 0 Å². The molecule has 1 unspecified atom stereocenters. The number of carbonyl (C=O) groups excluding carboxylic acids is 1. The number of nitrogens with zero attached hydrogens (tertiary/aromatic N) is 3. The molecule has 1 aliphatic rings. The first-order chi connectivity index (χ1) is 14.4. The van der Waals surface area contributed by atoms with Crippen LogP contribution in [0.15, 0.2) is 72.1 Å². The number of amides is 1. The zero-order valence-corrected chi connectivity index (χ0v) is 17.5. The lowest BCUT2D eigenvalue weighted by Gasteiger charge is -2.17. The van der Waals surface area contributed by atoms with Crippen LogP contribution in [0, 0.1) is 0 Å². The minimum atomic E-state index is -3.56. The first-order valence-corrected chi connectivity index (χ1v) is 11.4. The van der Waals surface area contributed by atoms with Gasteiger partial charge in [-0.3, -0.25) is 4.79 Å². The number of aromatic nitrogens is 2. The Morgan fingerprint density at radius 3 is 2.50 bits per heavy atom. The van der Waals surface area contributed by atoms with Gasteiger partial charge >= 0.3 is 0 Å². The molecule has 1 saturated heterocycles.